The first-order chi connectivity index (χ1) is 27.4. The largest absolute Gasteiger partial charge is 0.457 e. The zero-order chi connectivity index (χ0) is 38.4. The first kappa shape index (κ1) is 35.4. The maximum atomic E-state index is 13.0. The summed E-state index contributed by atoms with van der Waals surface area (Å²) >= 11 is 0. The minimum absolute atomic E-state index is 0.00205. The molecule has 56 heavy (non-hydrogen) atoms. The van der Waals surface area contributed by atoms with E-state index in [4.69, 9.17) is 18.9 Å². The van der Waals surface area contributed by atoms with Crippen LogP contribution >= 0.6 is 0 Å². The molecule has 0 unspecified atom stereocenters. The minimum atomic E-state index is -0.587. The van der Waals surface area contributed by atoms with Gasteiger partial charge in [0, 0.05) is 10.8 Å². The summed E-state index contributed by atoms with van der Waals surface area (Å²) in [5, 5.41) is 5.32. The molecule has 8 nitrogen and oxygen atoms in total. The molecule has 8 aromatic rings. The topological polar surface area (TPSA) is 105 Å². The van der Waals surface area contributed by atoms with Gasteiger partial charge in [0.25, 0.3) is 0 Å². The molecule has 0 aromatic heterocycles. The van der Waals surface area contributed by atoms with E-state index in [0.29, 0.717) is 11.5 Å². The molecular weight excluding hydrogens is 705 g/mol. The van der Waals surface area contributed by atoms with Gasteiger partial charge in [-0.05, 0) is 93.3 Å². The summed E-state index contributed by atoms with van der Waals surface area (Å²) in [4.78, 5) is 52.2. The Morgan fingerprint density at radius 3 is 1.20 bits per heavy atom. The van der Waals surface area contributed by atoms with Gasteiger partial charge in [0.1, 0.15) is 24.7 Å². The lowest BCUT2D eigenvalue weighted by Gasteiger charge is -2.10. The van der Waals surface area contributed by atoms with E-state index in [9.17, 15) is 19.2 Å². The lowest BCUT2D eigenvalue weighted by molar-refractivity contribution is 0.0464. The Hall–Kier alpha value is -7.58. The zero-order valence-electron chi connectivity index (χ0n) is 29.8. The molecule has 0 fully saturated rings. The molecular formula is C48H32O8. The van der Waals surface area contributed by atoms with Crippen molar-refractivity contribution < 1.29 is 38.1 Å². The fraction of sp³-hybridized carbons (Fsp3) is 0.0417. The summed E-state index contributed by atoms with van der Waals surface area (Å²) in [7, 11) is 0. The Morgan fingerprint density at radius 2 is 0.732 bits per heavy atom. The smallest absolute Gasteiger partial charge is 0.343 e. The number of hydrogen-bond acceptors (Lipinski definition) is 8. The summed E-state index contributed by atoms with van der Waals surface area (Å²) in [6.45, 7) is -0.00409. The predicted molar refractivity (Wildman–Crippen MR) is 213 cm³/mol. The van der Waals surface area contributed by atoms with Gasteiger partial charge in [-0.1, -0.05) is 109 Å². The Balaban J connectivity index is 0.879. The van der Waals surface area contributed by atoms with Crippen molar-refractivity contribution in [3.63, 3.8) is 0 Å². The monoisotopic (exact) mass is 736 g/mol. The predicted octanol–water partition coefficient (Wildman–Crippen LogP) is 10.3. The van der Waals surface area contributed by atoms with Crippen molar-refractivity contribution in [3.8, 4) is 11.5 Å². The Labute approximate surface area is 321 Å². The average molecular weight is 737 g/mol. The van der Waals surface area contributed by atoms with Crippen molar-refractivity contribution in [2.75, 3.05) is 0 Å². The number of benzene rings is 8. The van der Waals surface area contributed by atoms with Crippen LogP contribution < -0.4 is 9.47 Å². The number of rotatable bonds is 10. The normalized spacial score (nSPS) is 10.9. The second kappa shape index (κ2) is 15.8. The lowest BCUT2D eigenvalue weighted by Crippen LogP contribution is -2.11. The van der Waals surface area contributed by atoms with Gasteiger partial charge < -0.3 is 18.9 Å². The third kappa shape index (κ3) is 7.85. The van der Waals surface area contributed by atoms with Crippen molar-refractivity contribution in [2.24, 2.45) is 0 Å². The fourth-order valence-corrected chi connectivity index (χ4v) is 6.42. The van der Waals surface area contributed by atoms with Crippen molar-refractivity contribution >= 4 is 56.2 Å². The van der Waals surface area contributed by atoms with E-state index >= 15 is 0 Å². The Bertz CT molecular complexity index is 2610. The number of hydrogen-bond donors (Lipinski definition) is 0. The zero-order valence-corrected chi connectivity index (χ0v) is 29.8. The molecule has 0 aliphatic rings. The molecule has 0 amide bonds. The Morgan fingerprint density at radius 1 is 0.339 bits per heavy atom. The van der Waals surface area contributed by atoms with Crippen molar-refractivity contribution in [1.82, 2.24) is 0 Å². The molecule has 0 radical (unpaired) electrons. The molecule has 0 saturated carbocycles. The number of fused-ring (bicyclic) bond motifs is 3. The molecule has 8 rings (SSSR count). The van der Waals surface area contributed by atoms with Crippen molar-refractivity contribution in [3.05, 3.63) is 203 Å². The number of carbonyl (C=O) groups is 4. The third-order valence-electron chi connectivity index (χ3n) is 9.28. The van der Waals surface area contributed by atoms with Gasteiger partial charge in [0.15, 0.2) is 0 Å². The highest BCUT2D eigenvalue weighted by molar-refractivity contribution is 5.99. The van der Waals surface area contributed by atoms with E-state index < -0.39 is 23.9 Å². The number of esters is 4. The van der Waals surface area contributed by atoms with E-state index in [1.807, 2.05) is 109 Å². The van der Waals surface area contributed by atoms with Crippen molar-refractivity contribution in [1.29, 1.82) is 0 Å². The summed E-state index contributed by atoms with van der Waals surface area (Å²) < 4.78 is 22.6. The summed E-state index contributed by atoms with van der Waals surface area (Å²) in [6, 6.07) is 50.0. The van der Waals surface area contributed by atoms with E-state index in [0.717, 1.165) is 43.4 Å². The standard InChI is InChI=1S/C48H32O8/c49-45(36-13-5-15-38(27-36)47(51)55-43-19-7-11-34-9-1-3-17-41(34)43)53-29-31-21-23-33-24-22-32(26-40(33)25-31)30-54-46(50)37-14-6-16-39(28-37)48(52)56-44-20-8-12-35-10-2-4-18-42(35)44/h1-28H,29-30H2. The van der Waals surface area contributed by atoms with Gasteiger partial charge in [0.2, 0.25) is 0 Å². The summed E-state index contributed by atoms with van der Waals surface area (Å²) in [6.07, 6.45) is 0. The van der Waals surface area contributed by atoms with Crippen LogP contribution in [-0.4, -0.2) is 23.9 Å². The number of ether oxygens (including phenoxy) is 4. The molecule has 272 valence electrons. The number of carbonyl (C=O) groups excluding carboxylic acids is 4. The Kier molecular flexibility index (Phi) is 10.0. The lowest BCUT2D eigenvalue weighted by atomic mass is 10.0. The molecule has 0 atom stereocenters. The van der Waals surface area contributed by atoms with Gasteiger partial charge in [-0.15, -0.1) is 0 Å². The minimum Gasteiger partial charge on any atom is -0.457 e. The molecule has 0 aliphatic carbocycles. The quantitative estimate of drug-likeness (QED) is 0.101. The second-order valence-electron chi connectivity index (χ2n) is 13.1. The average Bonchev–Trinajstić information content (AvgIpc) is 3.24. The highest BCUT2D eigenvalue weighted by Crippen LogP contribution is 2.28. The van der Waals surface area contributed by atoms with E-state index in [1.54, 1.807) is 48.5 Å². The van der Waals surface area contributed by atoms with Gasteiger partial charge in [-0.25, -0.2) is 19.2 Å². The van der Waals surface area contributed by atoms with Gasteiger partial charge in [-0.2, -0.15) is 0 Å². The summed E-state index contributed by atoms with van der Waals surface area (Å²) in [5.74, 6) is -1.48. The molecule has 0 aliphatic heterocycles. The van der Waals surface area contributed by atoms with Gasteiger partial charge in [0.05, 0.1) is 22.3 Å². The van der Waals surface area contributed by atoms with Crippen LogP contribution in [0.2, 0.25) is 0 Å². The molecule has 8 aromatic carbocycles. The van der Waals surface area contributed by atoms with Crippen molar-refractivity contribution in [2.45, 2.75) is 13.2 Å². The maximum Gasteiger partial charge on any atom is 0.343 e. The molecule has 0 N–H and O–H groups in total. The van der Waals surface area contributed by atoms with Crippen LogP contribution in [-0.2, 0) is 22.7 Å². The first-order valence-electron chi connectivity index (χ1n) is 17.8. The SMILES string of the molecule is O=C(OCc1ccc2ccc(COC(=O)c3cccc(C(=O)Oc4cccc5ccccc45)c3)cc2c1)c1cccc(C(=O)Oc2cccc3ccccc23)c1. The summed E-state index contributed by atoms with van der Waals surface area (Å²) in [5.41, 5.74) is 2.37. The van der Waals surface area contributed by atoms with Crippen LogP contribution in [0, 0.1) is 0 Å². The highest BCUT2D eigenvalue weighted by Gasteiger charge is 2.17. The molecule has 0 bridgehead atoms. The molecule has 0 spiro atoms. The second-order valence-corrected chi connectivity index (χ2v) is 13.1. The van der Waals surface area contributed by atoms with Crippen LogP contribution in [0.1, 0.15) is 52.6 Å². The first-order valence-corrected chi connectivity index (χ1v) is 17.8. The van der Waals surface area contributed by atoms with Crippen LogP contribution in [0.25, 0.3) is 32.3 Å². The van der Waals surface area contributed by atoms with Crippen LogP contribution in [0.3, 0.4) is 0 Å². The van der Waals surface area contributed by atoms with Crippen LogP contribution in [0.4, 0.5) is 0 Å². The van der Waals surface area contributed by atoms with E-state index in [1.165, 1.54) is 12.1 Å². The fourth-order valence-electron chi connectivity index (χ4n) is 6.42. The van der Waals surface area contributed by atoms with Crippen LogP contribution in [0.5, 0.6) is 11.5 Å². The third-order valence-corrected chi connectivity index (χ3v) is 9.28. The molecule has 0 heterocycles. The van der Waals surface area contributed by atoms with Gasteiger partial charge >= 0.3 is 23.9 Å². The van der Waals surface area contributed by atoms with Crippen LogP contribution in [0.15, 0.2) is 170 Å². The highest BCUT2D eigenvalue weighted by atomic mass is 16.5. The van der Waals surface area contributed by atoms with E-state index in [-0.39, 0.29) is 35.5 Å². The van der Waals surface area contributed by atoms with Gasteiger partial charge in [-0.3, -0.25) is 0 Å². The molecule has 8 heteroatoms. The van der Waals surface area contributed by atoms with E-state index in [2.05, 4.69) is 0 Å². The maximum absolute atomic E-state index is 13.0. The molecule has 0 saturated heterocycles.